The Morgan fingerprint density at radius 2 is 1.62 bits per heavy atom. The first kappa shape index (κ1) is 29.4. The number of allylic oxidation sites excluding steroid dienone is 1. The van der Waals surface area contributed by atoms with Gasteiger partial charge in [-0.3, -0.25) is 4.79 Å². The van der Waals surface area contributed by atoms with Crippen molar-refractivity contribution in [3.05, 3.63) is 12.7 Å². The van der Waals surface area contributed by atoms with Gasteiger partial charge in [0, 0.05) is 7.11 Å². The molecule has 4 fully saturated rings. The summed E-state index contributed by atoms with van der Waals surface area (Å²) in [7, 11) is 1.00. The van der Waals surface area contributed by atoms with Crippen molar-refractivity contribution in [2.75, 3.05) is 7.11 Å². The maximum atomic E-state index is 12.4. The van der Waals surface area contributed by atoms with Gasteiger partial charge in [0.1, 0.15) is 0 Å². The molecular weight excluding hydrogens is 424 g/mol. The Bertz CT molecular complexity index is 704. The molecule has 0 radical (unpaired) electrons. The average molecular weight is 479 g/mol. The van der Waals surface area contributed by atoms with E-state index in [2.05, 4.69) is 34.3 Å². The lowest BCUT2D eigenvalue weighted by Crippen LogP contribution is -2.63. The minimum absolute atomic E-state index is 0.219. The molecule has 4 aliphatic rings. The topological polar surface area (TPSA) is 77.8 Å². The van der Waals surface area contributed by atoms with Crippen LogP contribution < -0.4 is 0 Å². The summed E-state index contributed by atoms with van der Waals surface area (Å²) in [5.74, 6) is 1.85. The van der Waals surface area contributed by atoms with Gasteiger partial charge >= 0.3 is 5.97 Å². The number of aliphatic hydroxyl groups is 2. The summed E-state index contributed by atoms with van der Waals surface area (Å²) in [6, 6.07) is 0. The second-order valence-electron chi connectivity index (χ2n) is 12.8. The molecule has 0 saturated heterocycles. The third kappa shape index (κ3) is 4.51. The third-order valence-corrected chi connectivity index (χ3v) is 11.6. The van der Waals surface area contributed by atoms with Crippen LogP contribution in [0.2, 0.25) is 0 Å². The molecule has 4 rings (SSSR count). The molecule has 4 nitrogen and oxygen atoms in total. The molecule has 0 aromatic carbocycles. The molecular formula is C30H54O4. The third-order valence-electron chi connectivity index (χ3n) is 11.6. The van der Waals surface area contributed by atoms with Gasteiger partial charge in [0.15, 0.2) is 0 Å². The smallest absolute Gasteiger partial charge is 0.309 e. The number of aliphatic hydroxyl groups excluding tert-OH is 2. The van der Waals surface area contributed by atoms with Gasteiger partial charge in [-0.25, -0.2) is 0 Å². The summed E-state index contributed by atoms with van der Waals surface area (Å²) < 4.78 is 0. The maximum absolute atomic E-state index is 12.4. The maximum Gasteiger partial charge on any atom is 0.309 e. The van der Waals surface area contributed by atoms with Crippen LogP contribution in [0.1, 0.15) is 112 Å². The lowest BCUT2D eigenvalue weighted by atomic mass is 9.34. The van der Waals surface area contributed by atoms with Gasteiger partial charge in [0.05, 0.1) is 11.5 Å². The molecule has 198 valence electrons. The van der Waals surface area contributed by atoms with Crippen LogP contribution in [-0.2, 0) is 4.79 Å². The van der Waals surface area contributed by atoms with Crippen molar-refractivity contribution < 1.29 is 20.1 Å². The van der Waals surface area contributed by atoms with Crippen LogP contribution in [0.15, 0.2) is 12.7 Å². The van der Waals surface area contributed by atoms with Crippen LogP contribution in [0, 0.1) is 45.3 Å². The largest absolute Gasteiger partial charge is 0.481 e. The van der Waals surface area contributed by atoms with E-state index in [1.165, 1.54) is 25.7 Å². The van der Waals surface area contributed by atoms with Crippen LogP contribution in [0.3, 0.4) is 0 Å². The number of aliphatic carboxylic acids is 1. The minimum atomic E-state index is -0.506. The quantitative estimate of drug-likeness (QED) is 0.377. The Morgan fingerprint density at radius 3 is 2.18 bits per heavy atom. The number of rotatable bonds is 4. The van der Waals surface area contributed by atoms with Crippen molar-refractivity contribution in [3.8, 4) is 0 Å². The Labute approximate surface area is 209 Å². The van der Waals surface area contributed by atoms with E-state index in [1.807, 2.05) is 13.8 Å². The van der Waals surface area contributed by atoms with Crippen LogP contribution in [0.25, 0.3) is 0 Å². The molecule has 0 spiro atoms. The van der Waals surface area contributed by atoms with E-state index in [9.17, 15) is 15.0 Å². The molecule has 0 aromatic heterocycles. The van der Waals surface area contributed by atoms with Gasteiger partial charge < -0.3 is 15.3 Å². The fourth-order valence-electron chi connectivity index (χ4n) is 9.42. The Balaban J connectivity index is 0.000000758. The molecule has 0 amide bonds. The lowest BCUT2D eigenvalue weighted by Gasteiger charge is -2.70. The van der Waals surface area contributed by atoms with Gasteiger partial charge in [0.2, 0.25) is 0 Å². The number of carbonyl (C=O) groups is 1. The molecule has 0 heterocycles. The number of fused-ring (bicyclic) bond motifs is 5. The monoisotopic (exact) mass is 478 g/mol. The molecule has 0 aromatic rings. The van der Waals surface area contributed by atoms with Gasteiger partial charge in [0.25, 0.3) is 0 Å². The van der Waals surface area contributed by atoms with Crippen molar-refractivity contribution >= 4 is 5.97 Å². The van der Waals surface area contributed by atoms with Crippen LogP contribution in [0.5, 0.6) is 0 Å². The predicted molar refractivity (Wildman–Crippen MR) is 141 cm³/mol. The number of hydrogen-bond acceptors (Lipinski definition) is 3. The molecule has 0 bridgehead atoms. The molecule has 0 aliphatic heterocycles. The van der Waals surface area contributed by atoms with E-state index in [0.29, 0.717) is 29.1 Å². The zero-order valence-corrected chi connectivity index (χ0v) is 23.2. The van der Waals surface area contributed by atoms with Crippen molar-refractivity contribution in [1.82, 2.24) is 0 Å². The van der Waals surface area contributed by atoms with Gasteiger partial charge in [-0.15, -0.1) is 6.58 Å². The van der Waals surface area contributed by atoms with E-state index in [1.54, 1.807) is 6.08 Å². The molecule has 3 N–H and O–H groups in total. The van der Waals surface area contributed by atoms with E-state index >= 15 is 0 Å². The summed E-state index contributed by atoms with van der Waals surface area (Å²) in [6.07, 6.45) is 13.7. The van der Waals surface area contributed by atoms with Crippen molar-refractivity contribution in [3.63, 3.8) is 0 Å². The van der Waals surface area contributed by atoms with E-state index < -0.39 is 11.4 Å². The van der Waals surface area contributed by atoms with Crippen LogP contribution in [0.4, 0.5) is 0 Å². The van der Waals surface area contributed by atoms with Crippen LogP contribution in [-0.4, -0.2) is 34.5 Å². The zero-order valence-electron chi connectivity index (χ0n) is 23.2. The summed E-state index contributed by atoms with van der Waals surface area (Å²) in [6.45, 7) is 17.3. The fourth-order valence-corrected chi connectivity index (χ4v) is 9.42. The summed E-state index contributed by atoms with van der Waals surface area (Å²) in [5.41, 5.74) is 0.416. The highest BCUT2D eigenvalue weighted by Gasteiger charge is 2.68. The SMILES string of the molecule is C=CC.CC(O)CCC1(C)C(C)CCC2(C)C1CCC1C3CCCC3(C(=O)O)CCC12C.CO. The summed E-state index contributed by atoms with van der Waals surface area (Å²) in [4.78, 5) is 12.4. The first-order chi connectivity index (χ1) is 15.9. The van der Waals surface area contributed by atoms with E-state index in [-0.39, 0.29) is 16.9 Å². The Morgan fingerprint density at radius 1 is 1.00 bits per heavy atom. The summed E-state index contributed by atoms with van der Waals surface area (Å²) >= 11 is 0. The Hall–Kier alpha value is -0.870. The molecule has 9 unspecified atom stereocenters. The Kier molecular flexibility index (Phi) is 9.53. The molecule has 4 heteroatoms. The number of carboxylic acid groups (broad SMARTS) is 1. The highest BCUT2D eigenvalue weighted by Crippen LogP contribution is 2.74. The number of carboxylic acids is 1. The predicted octanol–water partition coefficient (Wildman–Crippen LogP) is 7.09. The van der Waals surface area contributed by atoms with E-state index in [4.69, 9.17) is 5.11 Å². The van der Waals surface area contributed by atoms with Crippen LogP contribution >= 0.6 is 0 Å². The second kappa shape index (κ2) is 11.0. The highest BCUT2D eigenvalue weighted by atomic mass is 16.4. The average Bonchev–Trinajstić information content (AvgIpc) is 3.24. The van der Waals surface area contributed by atoms with Gasteiger partial charge in [-0.1, -0.05) is 40.2 Å². The zero-order chi connectivity index (χ0) is 25.9. The standard InChI is InChI=1S/C26H44O3.C3H6.CH4O/c1-17-10-14-25(5)21(23(17,3)13-11-18(2)27)9-8-19-20-7-6-12-26(20,22(28)29)16-15-24(19,25)4;1-3-2;1-2/h17-21,27H,6-16H2,1-5H3,(H,28,29);3H,1H2,2H3;2H,1H3. The summed E-state index contributed by atoms with van der Waals surface area (Å²) in [5, 5.41) is 27.2. The van der Waals surface area contributed by atoms with Gasteiger partial charge in [-0.2, -0.15) is 0 Å². The van der Waals surface area contributed by atoms with Crippen molar-refractivity contribution in [2.24, 2.45) is 45.3 Å². The molecule has 4 aliphatic carbocycles. The highest BCUT2D eigenvalue weighted by molar-refractivity contribution is 5.76. The van der Waals surface area contributed by atoms with Crippen molar-refractivity contribution in [2.45, 2.75) is 118 Å². The fraction of sp³-hybridized carbons (Fsp3) is 0.900. The minimum Gasteiger partial charge on any atom is -0.481 e. The van der Waals surface area contributed by atoms with E-state index in [0.717, 1.165) is 52.1 Å². The first-order valence-corrected chi connectivity index (χ1v) is 13.9. The van der Waals surface area contributed by atoms with Crippen molar-refractivity contribution in [1.29, 1.82) is 0 Å². The molecule has 9 atom stereocenters. The molecule has 34 heavy (non-hydrogen) atoms. The number of hydrogen-bond donors (Lipinski definition) is 3. The molecule has 4 saturated carbocycles. The lowest BCUT2D eigenvalue weighted by molar-refractivity contribution is -0.218. The first-order valence-electron chi connectivity index (χ1n) is 13.9. The van der Waals surface area contributed by atoms with Gasteiger partial charge in [-0.05, 0) is 118 Å². The normalized spacial score (nSPS) is 45.7. The second-order valence-corrected chi connectivity index (χ2v) is 12.8.